The van der Waals surface area contributed by atoms with Crippen molar-refractivity contribution in [3.63, 3.8) is 0 Å². The molecule has 0 bridgehead atoms. The molecule has 2 aromatic heterocycles. The monoisotopic (exact) mass is 376 g/mol. The number of nitrogens with zero attached hydrogens (tertiary/aromatic N) is 1. The largest absolute Gasteiger partial charge is 0.352 e. The van der Waals surface area contributed by atoms with Gasteiger partial charge in [-0.2, -0.15) is 0 Å². The van der Waals surface area contributed by atoms with Crippen LogP contribution in [0, 0.1) is 0 Å². The molecule has 1 aliphatic carbocycles. The summed E-state index contributed by atoms with van der Waals surface area (Å²) in [5.41, 5.74) is 1.05. The number of H-pyrrole nitrogens is 1. The lowest BCUT2D eigenvalue weighted by atomic mass is 9.97. The molecule has 26 heavy (non-hydrogen) atoms. The molecule has 0 atom stereocenters. The minimum absolute atomic E-state index is 0.0389. The first-order valence-corrected chi connectivity index (χ1v) is 9.85. The zero-order valence-electron chi connectivity index (χ0n) is 15.1. The average Bonchev–Trinajstić information content (AvgIpc) is 2.96. The van der Waals surface area contributed by atoms with Crippen LogP contribution in [0.25, 0.3) is 10.2 Å². The van der Waals surface area contributed by atoms with E-state index in [2.05, 4.69) is 20.6 Å². The normalized spacial score (nSPS) is 13.7. The van der Waals surface area contributed by atoms with Gasteiger partial charge in [-0.3, -0.25) is 14.4 Å². The lowest BCUT2D eigenvalue weighted by molar-refractivity contribution is -0.126. The van der Waals surface area contributed by atoms with Gasteiger partial charge in [0.05, 0.1) is 11.9 Å². The van der Waals surface area contributed by atoms with Gasteiger partial charge in [0.1, 0.15) is 10.7 Å². The molecule has 0 spiro atoms. The Kier molecular flexibility index (Phi) is 5.70. The Balaban J connectivity index is 1.62. The smallest absolute Gasteiger partial charge is 0.259 e. The Morgan fingerprint density at radius 1 is 1.23 bits per heavy atom. The van der Waals surface area contributed by atoms with E-state index in [0.717, 1.165) is 41.5 Å². The highest BCUT2D eigenvalue weighted by atomic mass is 32.1. The third kappa shape index (κ3) is 4.30. The van der Waals surface area contributed by atoms with E-state index < -0.39 is 0 Å². The Morgan fingerprint density at radius 2 is 2.00 bits per heavy atom. The summed E-state index contributed by atoms with van der Waals surface area (Å²) in [5, 5.41) is 6.02. The van der Waals surface area contributed by atoms with Crippen LogP contribution in [-0.2, 0) is 28.9 Å². The molecule has 140 valence electrons. The van der Waals surface area contributed by atoms with Crippen molar-refractivity contribution < 1.29 is 9.59 Å². The molecule has 8 heteroatoms. The fourth-order valence-corrected chi connectivity index (χ4v) is 4.48. The molecule has 0 aliphatic heterocycles. The van der Waals surface area contributed by atoms with Crippen LogP contribution < -0.4 is 16.2 Å². The molecule has 2 amide bonds. The number of amides is 2. The summed E-state index contributed by atoms with van der Waals surface area (Å²) in [6.07, 6.45) is 4.76. The zero-order chi connectivity index (χ0) is 18.7. The highest BCUT2D eigenvalue weighted by molar-refractivity contribution is 7.18. The van der Waals surface area contributed by atoms with Crippen LogP contribution in [0.5, 0.6) is 0 Å². The van der Waals surface area contributed by atoms with Gasteiger partial charge in [-0.05, 0) is 45.1 Å². The standard InChI is InChI=1S/C18H24N4O3S/c1-10(2)20-15(24)9-19-14(23)8-7-13-21-17(25)16-11-5-3-4-6-12(11)26-18(16)22-13/h10H,3-9H2,1-2H3,(H,19,23)(H,20,24)(H,21,22,25). The van der Waals surface area contributed by atoms with E-state index in [0.29, 0.717) is 12.2 Å². The van der Waals surface area contributed by atoms with Crippen molar-refractivity contribution in [2.24, 2.45) is 0 Å². The molecular weight excluding hydrogens is 352 g/mol. The maximum Gasteiger partial charge on any atom is 0.259 e. The first-order valence-electron chi connectivity index (χ1n) is 9.03. The fraction of sp³-hybridized carbons (Fsp3) is 0.556. The number of fused-ring (bicyclic) bond motifs is 3. The quantitative estimate of drug-likeness (QED) is 0.709. The van der Waals surface area contributed by atoms with Crippen LogP contribution in [0.2, 0.25) is 0 Å². The van der Waals surface area contributed by atoms with E-state index in [9.17, 15) is 14.4 Å². The molecule has 0 unspecified atom stereocenters. The second-order valence-corrected chi connectivity index (χ2v) is 7.99. The van der Waals surface area contributed by atoms with Gasteiger partial charge >= 0.3 is 0 Å². The van der Waals surface area contributed by atoms with Crippen molar-refractivity contribution in [1.82, 2.24) is 20.6 Å². The first kappa shape index (κ1) is 18.6. The summed E-state index contributed by atoms with van der Waals surface area (Å²) >= 11 is 1.60. The third-order valence-electron chi connectivity index (χ3n) is 4.36. The van der Waals surface area contributed by atoms with Gasteiger partial charge < -0.3 is 15.6 Å². The number of aryl methyl sites for hydroxylation is 3. The van der Waals surface area contributed by atoms with Gasteiger partial charge in [-0.15, -0.1) is 11.3 Å². The van der Waals surface area contributed by atoms with E-state index in [1.165, 1.54) is 4.88 Å². The van der Waals surface area contributed by atoms with E-state index >= 15 is 0 Å². The van der Waals surface area contributed by atoms with Crippen molar-refractivity contribution >= 4 is 33.4 Å². The maximum atomic E-state index is 12.5. The van der Waals surface area contributed by atoms with Gasteiger partial charge in [-0.25, -0.2) is 4.98 Å². The third-order valence-corrected chi connectivity index (χ3v) is 5.54. The second kappa shape index (κ2) is 7.99. The molecule has 2 heterocycles. The molecule has 2 aromatic rings. The van der Waals surface area contributed by atoms with Crippen molar-refractivity contribution in [1.29, 1.82) is 0 Å². The number of aromatic nitrogens is 2. The predicted octanol–water partition coefficient (Wildman–Crippen LogP) is 1.44. The highest BCUT2D eigenvalue weighted by Crippen LogP contribution is 2.33. The number of carbonyl (C=O) groups excluding carboxylic acids is 2. The van der Waals surface area contributed by atoms with Gasteiger partial charge in [0, 0.05) is 23.8 Å². The zero-order valence-corrected chi connectivity index (χ0v) is 15.9. The summed E-state index contributed by atoms with van der Waals surface area (Å²) in [6, 6.07) is 0.0389. The van der Waals surface area contributed by atoms with Gasteiger partial charge in [-0.1, -0.05) is 0 Å². The Labute approximate surface area is 155 Å². The molecule has 0 aromatic carbocycles. The first-order chi connectivity index (χ1) is 12.4. The predicted molar refractivity (Wildman–Crippen MR) is 101 cm³/mol. The molecule has 1 aliphatic rings. The van der Waals surface area contributed by atoms with E-state index in [-0.39, 0.29) is 36.4 Å². The summed E-state index contributed by atoms with van der Waals surface area (Å²) in [6.45, 7) is 3.68. The molecule has 3 rings (SSSR count). The second-order valence-electron chi connectivity index (χ2n) is 6.90. The molecule has 0 saturated heterocycles. The summed E-state index contributed by atoms with van der Waals surface area (Å²) in [5.74, 6) is 0.0606. The number of hydrogen-bond acceptors (Lipinski definition) is 5. The van der Waals surface area contributed by atoms with Crippen molar-refractivity contribution in [2.75, 3.05) is 6.54 Å². The molecule has 3 N–H and O–H groups in total. The number of nitrogens with one attached hydrogen (secondary N) is 3. The van der Waals surface area contributed by atoms with Gasteiger partial charge in [0.25, 0.3) is 5.56 Å². The Hall–Kier alpha value is -2.22. The van der Waals surface area contributed by atoms with Gasteiger partial charge in [0.2, 0.25) is 11.8 Å². The van der Waals surface area contributed by atoms with Crippen LogP contribution in [-0.4, -0.2) is 34.4 Å². The molecule has 7 nitrogen and oxygen atoms in total. The number of carbonyl (C=O) groups is 2. The lowest BCUT2D eigenvalue weighted by Gasteiger charge is -2.09. The Morgan fingerprint density at radius 3 is 2.77 bits per heavy atom. The number of thiophene rings is 1. The van der Waals surface area contributed by atoms with E-state index in [1.54, 1.807) is 11.3 Å². The number of aromatic amines is 1. The lowest BCUT2D eigenvalue weighted by Crippen LogP contribution is -2.39. The topological polar surface area (TPSA) is 104 Å². The number of rotatable bonds is 6. The molecule has 0 saturated carbocycles. The van der Waals surface area contributed by atoms with Crippen molar-refractivity contribution in [3.8, 4) is 0 Å². The Bertz CT molecular complexity index is 884. The minimum atomic E-state index is -0.239. The van der Waals surface area contributed by atoms with Crippen LogP contribution in [0.3, 0.4) is 0 Å². The molecule has 0 fully saturated rings. The van der Waals surface area contributed by atoms with E-state index in [1.807, 2.05) is 13.8 Å². The molecule has 0 radical (unpaired) electrons. The van der Waals surface area contributed by atoms with Crippen LogP contribution in [0.15, 0.2) is 4.79 Å². The highest BCUT2D eigenvalue weighted by Gasteiger charge is 2.19. The maximum absolute atomic E-state index is 12.5. The minimum Gasteiger partial charge on any atom is -0.352 e. The van der Waals surface area contributed by atoms with E-state index in [4.69, 9.17) is 0 Å². The average molecular weight is 376 g/mol. The summed E-state index contributed by atoms with van der Waals surface area (Å²) in [4.78, 5) is 45.3. The SMILES string of the molecule is CC(C)NC(=O)CNC(=O)CCc1nc2sc3c(c2c(=O)[nH]1)CCCC3. The van der Waals surface area contributed by atoms with Crippen molar-refractivity contribution in [2.45, 2.75) is 58.4 Å². The number of hydrogen-bond donors (Lipinski definition) is 3. The summed E-state index contributed by atoms with van der Waals surface area (Å²) < 4.78 is 0. The van der Waals surface area contributed by atoms with Crippen LogP contribution >= 0.6 is 11.3 Å². The summed E-state index contributed by atoms with van der Waals surface area (Å²) in [7, 11) is 0. The van der Waals surface area contributed by atoms with Crippen LogP contribution in [0.4, 0.5) is 0 Å². The molecular formula is C18H24N4O3S. The van der Waals surface area contributed by atoms with Crippen LogP contribution in [0.1, 0.15) is 49.4 Å². The fourth-order valence-electron chi connectivity index (χ4n) is 3.20. The van der Waals surface area contributed by atoms with Gasteiger partial charge in [0.15, 0.2) is 0 Å². The van der Waals surface area contributed by atoms with Crippen molar-refractivity contribution in [3.05, 3.63) is 26.6 Å².